The zero-order valence-corrected chi connectivity index (χ0v) is 12.2. The molecule has 0 radical (unpaired) electrons. The van der Waals surface area contributed by atoms with Gasteiger partial charge in [-0.25, -0.2) is 8.42 Å². The molecule has 0 aromatic heterocycles. The maximum Gasteiger partial charge on any atom is 0.253 e. The van der Waals surface area contributed by atoms with Gasteiger partial charge >= 0.3 is 0 Å². The van der Waals surface area contributed by atoms with E-state index in [1.807, 2.05) is 0 Å². The normalized spacial score (nSPS) is 20.9. The fourth-order valence-corrected chi connectivity index (χ4v) is 3.40. The first-order valence-electron chi connectivity index (χ1n) is 5.05. The molecule has 0 saturated carbocycles. The summed E-state index contributed by atoms with van der Waals surface area (Å²) in [5, 5.41) is 4.03. The van der Waals surface area contributed by atoms with Crippen molar-refractivity contribution in [2.45, 2.75) is 6.04 Å². The van der Waals surface area contributed by atoms with Crippen LogP contribution in [0.3, 0.4) is 0 Å². The van der Waals surface area contributed by atoms with Crippen LogP contribution in [0.15, 0.2) is 34.2 Å². The molecule has 1 amide bonds. The van der Waals surface area contributed by atoms with Crippen LogP contribution in [0.2, 0.25) is 5.02 Å². The molecule has 1 aliphatic heterocycles. The van der Waals surface area contributed by atoms with Crippen molar-refractivity contribution in [3.05, 3.63) is 44.7 Å². The average Bonchev–Trinajstić information content (AvgIpc) is 2.62. The van der Waals surface area contributed by atoms with E-state index in [4.69, 9.17) is 11.6 Å². The lowest BCUT2D eigenvalue weighted by molar-refractivity contribution is 0.0948. The summed E-state index contributed by atoms with van der Waals surface area (Å²) in [4.78, 5) is 11.9. The van der Waals surface area contributed by atoms with Gasteiger partial charge in [0, 0.05) is 9.88 Å². The lowest BCUT2D eigenvalue weighted by Crippen LogP contribution is -2.35. The van der Waals surface area contributed by atoms with Gasteiger partial charge in [-0.3, -0.25) is 4.79 Å². The molecule has 1 aliphatic rings. The fraction of sp³-hybridized carbons (Fsp3) is 0.182. The van der Waals surface area contributed by atoms with Crippen LogP contribution in [-0.2, 0) is 9.84 Å². The van der Waals surface area contributed by atoms with Gasteiger partial charge in [-0.1, -0.05) is 17.7 Å². The Morgan fingerprint density at radius 2 is 2.17 bits per heavy atom. The van der Waals surface area contributed by atoms with E-state index in [9.17, 15) is 13.2 Å². The molecule has 1 atom stereocenters. The first-order chi connectivity index (χ1) is 8.39. The van der Waals surface area contributed by atoms with Crippen LogP contribution in [-0.4, -0.2) is 26.1 Å². The molecule has 0 spiro atoms. The van der Waals surface area contributed by atoms with Crippen molar-refractivity contribution in [2.75, 3.05) is 5.75 Å². The Labute approximate surface area is 118 Å². The van der Waals surface area contributed by atoms with Crippen LogP contribution in [0.5, 0.6) is 0 Å². The Balaban J connectivity index is 2.14. The molecule has 96 valence electrons. The van der Waals surface area contributed by atoms with Crippen molar-refractivity contribution in [1.29, 1.82) is 0 Å². The van der Waals surface area contributed by atoms with E-state index in [1.54, 1.807) is 18.2 Å². The number of hydrogen-bond acceptors (Lipinski definition) is 3. The van der Waals surface area contributed by atoms with Gasteiger partial charge in [-0.2, -0.15) is 0 Å². The first-order valence-corrected chi connectivity index (χ1v) is 7.93. The minimum Gasteiger partial charge on any atom is -0.345 e. The predicted octanol–water partition coefficient (Wildman–Crippen LogP) is 2.14. The van der Waals surface area contributed by atoms with Gasteiger partial charge in [0.25, 0.3) is 5.91 Å². The van der Waals surface area contributed by atoms with Gasteiger partial charge in [-0.15, -0.1) is 0 Å². The van der Waals surface area contributed by atoms with Gasteiger partial charge in [0.05, 0.1) is 22.4 Å². The summed E-state index contributed by atoms with van der Waals surface area (Å²) in [6.07, 6.45) is 1.46. The Hall–Kier alpha value is -0.850. The number of sulfone groups is 1. The molecule has 1 aromatic rings. The summed E-state index contributed by atoms with van der Waals surface area (Å²) in [7, 11) is -3.18. The quantitative estimate of drug-likeness (QED) is 0.889. The number of nitrogens with one attached hydrogen (secondary N) is 1. The molecule has 0 aliphatic carbocycles. The lowest BCUT2D eigenvalue weighted by Gasteiger charge is -2.11. The Morgan fingerprint density at radius 1 is 1.44 bits per heavy atom. The largest absolute Gasteiger partial charge is 0.345 e. The van der Waals surface area contributed by atoms with Gasteiger partial charge < -0.3 is 5.32 Å². The highest BCUT2D eigenvalue weighted by atomic mass is 79.9. The summed E-state index contributed by atoms with van der Waals surface area (Å²) < 4.78 is 23.0. The highest BCUT2D eigenvalue weighted by molar-refractivity contribution is 9.10. The Morgan fingerprint density at radius 3 is 2.78 bits per heavy atom. The van der Waals surface area contributed by atoms with E-state index < -0.39 is 21.8 Å². The van der Waals surface area contributed by atoms with Crippen LogP contribution in [0.1, 0.15) is 10.4 Å². The van der Waals surface area contributed by atoms with E-state index in [0.717, 1.165) is 5.41 Å². The number of carbonyl (C=O) groups is 1. The summed E-state index contributed by atoms with van der Waals surface area (Å²) in [6.45, 7) is 0. The molecule has 0 bridgehead atoms. The van der Waals surface area contributed by atoms with Gasteiger partial charge in [0.15, 0.2) is 9.84 Å². The summed E-state index contributed by atoms with van der Waals surface area (Å²) in [5.41, 5.74) is 0.309. The third-order valence-corrected chi connectivity index (χ3v) is 5.13. The van der Waals surface area contributed by atoms with Crippen LogP contribution >= 0.6 is 27.5 Å². The monoisotopic (exact) mass is 349 g/mol. The number of halogens is 2. The van der Waals surface area contributed by atoms with E-state index >= 15 is 0 Å². The molecule has 1 unspecified atom stereocenters. The first kappa shape index (κ1) is 13.6. The number of carbonyl (C=O) groups excluding carboxylic acids is 1. The number of rotatable bonds is 2. The second-order valence-electron chi connectivity index (χ2n) is 3.84. The Kier molecular flexibility index (Phi) is 3.79. The molecule has 4 nitrogen and oxygen atoms in total. The molecule has 1 aromatic carbocycles. The second kappa shape index (κ2) is 5.03. The third-order valence-electron chi connectivity index (χ3n) is 2.44. The standard InChI is InChI=1S/C11H9BrClNO3S/c12-9-3-1-2-8(10(9)13)11(15)14-7-4-5-18(16,17)6-7/h1-5,7H,6H2,(H,14,15). The van der Waals surface area contributed by atoms with E-state index in [0.29, 0.717) is 15.1 Å². The topological polar surface area (TPSA) is 63.2 Å². The van der Waals surface area contributed by atoms with Crippen molar-refractivity contribution in [2.24, 2.45) is 0 Å². The van der Waals surface area contributed by atoms with Crippen LogP contribution in [0, 0.1) is 0 Å². The van der Waals surface area contributed by atoms with Crippen molar-refractivity contribution in [1.82, 2.24) is 5.32 Å². The van der Waals surface area contributed by atoms with Gasteiger partial charge in [0.1, 0.15) is 0 Å². The maximum atomic E-state index is 11.9. The summed E-state index contributed by atoms with van der Waals surface area (Å²) >= 11 is 9.21. The van der Waals surface area contributed by atoms with E-state index in [2.05, 4.69) is 21.2 Å². The zero-order chi connectivity index (χ0) is 13.3. The van der Waals surface area contributed by atoms with Crippen LogP contribution in [0.25, 0.3) is 0 Å². The van der Waals surface area contributed by atoms with Crippen molar-refractivity contribution < 1.29 is 13.2 Å². The van der Waals surface area contributed by atoms with E-state index in [1.165, 1.54) is 6.08 Å². The van der Waals surface area contributed by atoms with E-state index in [-0.39, 0.29) is 5.75 Å². The van der Waals surface area contributed by atoms with Gasteiger partial charge in [0.2, 0.25) is 0 Å². The number of amides is 1. The average molecular weight is 351 g/mol. The molecular weight excluding hydrogens is 342 g/mol. The minimum absolute atomic E-state index is 0.107. The number of hydrogen-bond donors (Lipinski definition) is 1. The summed E-state index contributed by atoms with van der Waals surface area (Å²) in [6, 6.07) is 4.48. The highest BCUT2D eigenvalue weighted by Crippen LogP contribution is 2.26. The molecule has 1 heterocycles. The fourth-order valence-electron chi connectivity index (χ4n) is 1.59. The molecule has 0 saturated heterocycles. The molecule has 18 heavy (non-hydrogen) atoms. The second-order valence-corrected chi connectivity index (χ2v) is 7.00. The zero-order valence-electron chi connectivity index (χ0n) is 9.06. The molecule has 1 N–H and O–H groups in total. The highest BCUT2D eigenvalue weighted by Gasteiger charge is 2.24. The minimum atomic E-state index is -3.18. The van der Waals surface area contributed by atoms with Crippen LogP contribution in [0.4, 0.5) is 0 Å². The van der Waals surface area contributed by atoms with Crippen molar-refractivity contribution >= 4 is 43.3 Å². The summed E-state index contributed by atoms with van der Waals surface area (Å²) in [5.74, 6) is -0.502. The van der Waals surface area contributed by atoms with Crippen LogP contribution < -0.4 is 5.32 Å². The molecule has 0 fully saturated rings. The number of benzene rings is 1. The molecule has 2 rings (SSSR count). The predicted molar refractivity (Wildman–Crippen MR) is 73.3 cm³/mol. The smallest absolute Gasteiger partial charge is 0.253 e. The SMILES string of the molecule is O=C(NC1C=CS(=O)(=O)C1)c1cccc(Br)c1Cl. The third kappa shape index (κ3) is 2.93. The molecule has 7 heteroatoms. The van der Waals surface area contributed by atoms with Crippen molar-refractivity contribution in [3.8, 4) is 0 Å². The lowest BCUT2D eigenvalue weighted by atomic mass is 10.2. The maximum absolute atomic E-state index is 11.9. The molecular formula is C11H9BrClNO3S. The Bertz CT molecular complexity index is 627. The van der Waals surface area contributed by atoms with Gasteiger partial charge in [-0.05, 0) is 34.1 Å². The van der Waals surface area contributed by atoms with Crippen molar-refractivity contribution in [3.63, 3.8) is 0 Å².